The molecule has 100 valence electrons. The van der Waals surface area contributed by atoms with Gasteiger partial charge in [0.15, 0.2) is 11.6 Å². The van der Waals surface area contributed by atoms with E-state index in [0.29, 0.717) is 11.5 Å². The van der Waals surface area contributed by atoms with Crippen molar-refractivity contribution < 1.29 is 4.39 Å². The summed E-state index contributed by atoms with van der Waals surface area (Å²) in [6.07, 6.45) is 0. The summed E-state index contributed by atoms with van der Waals surface area (Å²) in [5.74, 6) is 0.268. The van der Waals surface area contributed by atoms with Crippen molar-refractivity contribution in [2.24, 2.45) is 0 Å². The maximum Gasteiger partial charge on any atom is 0.181 e. The molecule has 2 aromatic carbocycles. The molecule has 0 radical (unpaired) electrons. The number of halogens is 2. The third kappa shape index (κ3) is 2.23. The molecule has 0 fully saturated rings. The monoisotopic (exact) mass is 288 g/mol. The molecular weight excluding hydrogens is 279 g/mol. The molecule has 0 amide bonds. The zero-order valence-corrected chi connectivity index (χ0v) is 11.0. The second-order valence-electron chi connectivity index (χ2n) is 4.23. The molecule has 0 aliphatic rings. The summed E-state index contributed by atoms with van der Waals surface area (Å²) in [5.41, 5.74) is 7.28. The number of rotatable bonds is 2. The van der Waals surface area contributed by atoms with Crippen molar-refractivity contribution in [1.29, 1.82) is 0 Å². The van der Waals surface area contributed by atoms with E-state index in [1.165, 1.54) is 12.1 Å². The lowest BCUT2D eigenvalue weighted by Crippen LogP contribution is -1.88. The van der Waals surface area contributed by atoms with Crippen LogP contribution in [-0.2, 0) is 0 Å². The lowest BCUT2D eigenvalue weighted by Gasteiger charge is -2.01. The molecule has 1 aromatic heterocycles. The van der Waals surface area contributed by atoms with Crippen molar-refractivity contribution in [3.05, 3.63) is 53.3 Å². The van der Waals surface area contributed by atoms with Gasteiger partial charge in [-0.1, -0.05) is 29.8 Å². The first kappa shape index (κ1) is 12.6. The van der Waals surface area contributed by atoms with E-state index in [1.807, 2.05) is 6.07 Å². The van der Waals surface area contributed by atoms with E-state index in [9.17, 15) is 4.39 Å². The first-order chi connectivity index (χ1) is 9.65. The van der Waals surface area contributed by atoms with Crippen molar-refractivity contribution in [3.63, 3.8) is 0 Å². The number of aromatic nitrogens is 3. The molecule has 0 spiro atoms. The molecule has 0 saturated carbocycles. The lowest BCUT2D eigenvalue weighted by molar-refractivity contribution is 0.630. The molecule has 0 saturated heterocycles. The highest BCUT2D eigenvalue weighted by Crippen LogP contribution is 2.29. The second kappa shape index (κ2) is 4.94. The van der Waals surface area contributed by atoms with Gasteiger partial charge in [-0.15, -0.1) is 0 Å². The van der Waals surface area contributed by atoms with Gasteiger partial charge in [0, 0.05) is 11.3 Å². The van der Waals surface area contributed by atoms with E-state index in [4.69, 9.17) is 17.3 Å². The van der Waals surface area contributed by atoms with Gasteiger partial charge in [0.25, 0.3) is 0 Å². The molecule has 6 heteroatoms. The van der Waals surface area contributed by atoms with Crippen LogP contribution in [0.15, 0.2) is 42.5 Å². The van der Waals surface area contributed by atoms with Crippen molar-refractivity contribution in [1.82, 2.24) is 15.2 Å². The van der Waals surface area contributed by atoms with Gasteiger partial charge in [-0.2, -0.15) is 5.10 Å². The fraction of sp³-hybridized carbons (Fsp3) is 0. The van der Waals surface area contributed by atoms with Gasteiger partial charge in [-0.05, 0) is 24.3 Å². The van der Waals surface area contributed by atoms with Crippen LogP contribution in [0.2, 0.25) is 5.02 Å². The van der Waals surface area contributed by atoms with Crippen LogP contribution >= 0.6 is 11.6 Å². The minimum Gasteiger partial charge on any atom is -0.399 e. The van der Waals surface area contributed by atoms with Crippen LogP contribution in [0.1, 0.15) is 0 Å². The highest BCUT2D eigenvalue weighted by molar-refractivity contribution is 6.33. The van der Waals surface area contributed by atoms with E-state index in [2.05, 4.69) is 15.2 Å². The minimum atomic E-state index is -0.451. The first-order valence-electron chi connectivity index (χ1n) is 5.88. The summed E-state index contributed by atoms with van der Waals surface area (Å²) < 4.78 is 13.8. The van der Waals surface area contributed by atoms with Gasteiger partial charge in [-0.3, -0.25) is 5.10 Å². The summed E-state index contributed by atoms with van der Waals surface area (Å²) in [5, 5.41) is 7.04. The standard InChI is InChI=1S/C14H10ClFN4/c15-10-5-2-6-11(16)12(10)14-18-13(19-20-14)8-3-1-4-9(17)7-8/h1-7H,17H2,(H,18,19,20). The molecule has 0 aliphatic heterocycles. The maximum absolute atomic E-state index is 13.8. The zero-order valence-electron chi connectivity index (χ0n) is 10.3. The van der Waals surface area contributed by atoms with Crippen molar-refractivity contribution in [2.45, 2.75) is 0 Å². The van der Waals surface area contributed by atoms with Gasteiger partial charge in [0.05, 0.1) is 10.6 Å². The highest BCUT2D eigenvalue weighted by atomic mass is 35.5. The first-order valence-corrected chi connectivity index (χ1v) is 6.25. The number of nitrogens with two attached hydrogens (primary N) is 1. The van der Waals surface area contributed by atoms with E-state index in [0.717, 1.165) is 5.56 Å². The Morgan fingerprint density at radius 2 is 1.95 bits per heavy atom. The second-order valence-corrected chi connectivity index (χ2v) is 4.64. The quantitative estimate of drug-likeness (QED) is 0.709. The average Bonchev–Trinajstić information content (AvgIpc) is 2.88. The summed E-state index contributed by atoms with van der Waals surface area (Å²) >= 11 is 6.00. The molecule has 3 aromatic rings. The predicted molar refractivity (Wildman–Crippen MR) is 76.6 cm³/mol. The van der Waals surface area contributed by atoms with Crippen LogP contribution in [0, 0.1) is 5.82 Å². The normalized spacial score (nSPS) is 10.7. The Kier molecular flexibility index (Phi) is 3.12. The van der Waals surface area contributed by atoms with Gasteiger partial charge in [-0.25, -0.2) is 9.37 Å². The number of hydrogen-bond acceptors (Lipinski definition) is 3. The number of anilines is 1. The number of aromatic amines is 1. The Morgan fingerprint density at radius 3 is 2.70 bits per heavy atom. The number of benzene rings is 2. The van der Waals surface area contributed by atoms with E-state index in [-0.39, 0.29) is 16.4 Å². The lowest BCUT2D eigenvalue weighted by atomic mass is 10.2. The Balaban J connectivity index is 2.07. The summed E-state index contributed by atoms with van der Waals surface area (Å²) in [4.78, 5) is 4.27. The molecule has 3 N–H and O–H groups in total. The SMILES string of the molecule is Nc1cccc(-c2n[nH]c(-c3c(F)cccc3Cl)n2)c1. The topological polar surface area (TPSA) is 67.6 Å². The molecule has 3 rings (SSSR count). The van der Waals surface area contributed by atoms with Crippen LogP contribution in [0.5, 0.6) is 0 Å². The van der Waals surface area contributed by atoms with Crippen LogP contribution in [-0.4, -0.2) is 15.2 Å². The number of nitrogens with one attached hydrogen (secondary N) is 1. The van der Waals surface area contributed by atoms with Crippen LogP contribution < -0.4 is 5.73 Å². The summed E-state index contributed by atoms with van der Waals surface area (Å²) in [6, 6.07) is 11.6. The Bertz CT molecular complexity index is 749. The van der Waals surface area contributed by atoms with Crippen molar-refractivity contribution in [3.8, 4) is 22.8 Å². The molecule has 4 nitrogen and oxygen atoms in total. The summed E-state index contributed by atoms with van der Waals surface area (Å²) in [6.45, 7) is 0. The molecule has 0 bridgehead atoms. The average molecular weight is 289 g/mol. The number of nitrogens with zero attached hydrogens (tertiary/aromatic N) is 2. The third-order valence-electron chi connectivity index (χ3n) is 2.83. The number of hydrogen-bond donors (Lipinski definition) is 2. The van der Waals surface area contributed by atoms with Gasteiger partial charge >= 0.3 is 0 Å². The zero-order chi connectivity index (χ0) is 14.1. The number of nitrogen functional groups attached to an aromatic ring is 1. The molecule has 0 atom stereocenters. The van der Waals surface area contributed by atoms with Crippen LogP contribution in [0.25, 0.3) is 22.8 Å². The highest BCUT2D eigenvalue weighted by Gasteiger charge is 2.14. The van der Waals surface area contributed by atoms with Crippen LogP contribution in [0.4, 0.5) is 10.1 Å². The van der Waals surface area contributed by atoms with E-state index >= 15 is 0 Å². The van der Waals surface area contributed by atoms with Gasteiger partial charge in [0.2, 0.25) is 0 Å². The van der Waals surface area contributed by atoms with Gasteiger partial charge < -0.3 is 5.73 Å². The fourth-order valence-electron chi connectivity index (χ4n) is 1.90. The molecule has 0 unspecified atom stereocenters. The Morgan fingerprint density at radius 1 is 1.15 bits per heavy atom. The Hall–Kier alpha value is -2.40. The van der Waals surface area contributed by atoms with Crippen molar-refractivity contribution >= 4 is 17.3 Å². The Labute approximate surface area is 119 Å². The molecular formula is C14H10ClFN4. The summed E-state index contributed by atoms with van der Waals surface area (Å²) in [7, 11) is 0. The van der Waals surface area contributed by atoms with E-state index in [1.54, 1.807) is 24.3 Å². The molecule has 20 heavy (non-hydrogen) atoms. The maximum atomic E-state index is 13.8. The van der Waals surface area contributed by atoms with Gasteiger partial charge in [0.1, 0.15) is 5.82 Å². The van der Waals surface area contributed by atoms with Crippen molar-refractivity contribution in [2.75, 3.05) is 5.73 Å². The third-order valence-corrected chi connectivity index (χ3v) is 3.14. The smallest absolute Gasteiger partial charge is 0.181 e. The fourth-order valence-corrected chi connectivity index (χ4v) is 2.16. The molecule has 0 aliphatic carbocycles. The predicted octanol–water partition coefficient (Wildman–Crippen LogP) is 3.51. The number of H-pyrrole nitrogens is 1. The largest absolute Gasteiger partial charge is 0.399 e. The van der Waals surface area contributed by atoms with E-state index < -0.39 is 5.82 Å². The van der Waals surface area contributed by atoms with Crippen LogP contribution in [0.3, 0.4) is 0 Å². The minimum absolute atomic E-state index is 0.205. The molecule has 1 heterocycles.